The van der Waals surface area contributed by atoms with Gasteiger partial charge in [-0.25, -0.2) is 0 Å². The summed E-state index contributed by atoms with van der Waals surface area (Å²) in [5, 5.41) is 8.73. The van der Waals surface area contributed by atoms with Crippen LogP contribution in [0.4, 0.5) is 0 Å². The van der Waals surface area contributed by atoms with E-state index in [4.69, 9.17) is 5.11 Å². The monoisotopic (exact) mass is 178 g/mol. The molecule has 2 heteroatoms. The van der Waals surface area contributed by atoms with E-state index in [1.54, 1.807) is 0 Å². The molecule has 13 heavy (non-hydrogen) atoms. The summed E-state index contributed by atoms with van der Waals surface area (Å²) < 4.78 is 0. The average molecular weight is 178 g/mol. The molecule has 0 amide bonds. The van der Waals surface area contributed by atoms with Crippen LogP contribution in [0.2, 0.25) is 0 Å². The zero-order chi connectivity index (χ0) is 9.52. The molecule has 0 aromatic heterocycles. The van der Waals surface area contributed by atoms with E-state index in [0.717, 1.165) is 23.8 Å². The molecule has 2 nitrogen and oxygen atoms in total. The molecule has 0 spiro atoms. The molecule has 1 rings (SSSR count). The van der Waals surface area contributed by atoms with Gasteiger partial charge in [0.05, 0.1) is 0 Å². The molecular weight excluding hydrogens is 164 g/mol. The number of hydrogen-bond acceptors (Lipinski definition) is 2. The van der Waals surface area contributed by atoms with Crippen molar-refractivity contribution >= 4 is 6.29 Å². The maximum atomic E-state index is 10.1. The summed E-state index contributed by atoms with van der Waals surface area (Å²) in [7, 11) is 0. The van der Waals surface area contributed by atoms with Crippen LogP contribution in [0.1, 0.15) is 17.5 Å². The average Bonchev–Trinajstić information content (AvgIpc) is 2.16. The van der Waals surface area contributed by atoms with Crippen LogP contribution in [0.3, 0.4) is 0 Å². The molecule has 0 aliphatic carbocycles. The Hall–Kier alpha value is -1.15. The summed E-state index contributed by atoms with van der Waals surface area (Å²) in [6.07, 6.45) is 2.99. The number of carbonyl (C=O) groups excluding carboxylic acids is 1. The Morgan fingerprint density at radius 1 is 1.23 bits per heavy atom. The van der Waals surface area contributed by atoms with Crippen molar-refractivity contribution in [3.63, 3.8) is 0 Å². The van der Waals surface area contributed by atoms with Gasteiger partial charge in [0.25, 0.3) is 0 Å². The molecule has 0 saturated carbocycles. The summed E-state index contributed by atoms with van der Waals surface area (Å²) in [6, 6.07) is 8.00. The molecule has 1 aromatic carbocycles. The molecule has 0 atom stereocenters. The lowest BCUT2D eigenvalue weighted by molar-refractivity contribution is -0.107. The standard InChI is InChI=1S/C11H14O2/c12-7-2-5-10-3-1-4-11(9-10)6-8-13/h1,3-4,7,9,13H,2,5-6,8H2. The summed E-state index contributed by atoms with van der Waals surface area (Å²) in [4.78, 5) is 10.1. The van der Waals surface area contributed by atoms with Gasteiger partial charge in [0.15, 0.2) is 0 Å². The number of hydrogen-bond donors (Lipinski definition) is 1. The van der Waals surface area contributed by atoms with Gasteiger partial charge in [-0.2, -0.15) is 0 Å². The summed E-state index contributed by atoms with van der Waals surface area (Å²) in [6.45, 7) is 0.178. The Morgan fingerprint density at radius 2 is 1.92 bits per heavy atom. The second-order valence-electron chi connectivity index (χ2n) is 3.00. The summed E-state index contributed by atoms with van der Waals surface area (Å²) in [5.41, 5.74) is 2.30. The lowest BCUT2D eigenvalue weighted by Gasteiger charge is -2.01. The molecule has 0 radical (unpaired) electrons. The van der Waals surface area contributed by atoms with Crippen molar-refractivity contribution in [3.8, 4) is 0 Å². The number of carbonyl (C=O) groups is 1. The molecule has 0 saturated heterocycles. The molecular formula is C11H14O2. The maximum absolute atomic E-state index is 10.1. The highest BCUT2D eigenvalue weighted by Crippen LogP contribution is 2.07. The van der Waals surface area contributed by atoms with E-state index in [2.05, 4.69) is 0 Å². The first-order valence-electron chi connectivity index (χ1n) is 4.49. The molecule has 0 aliphatic rings. The van der Waals surface area contributed by atoms with E-state index in [-0.39, 0.29) is 6.61 Å². The van der Waals surface area contributed by atoms with E-state index in [0.29, 0.717) is 12.8 Å². The predicted molar refractivity (Wildman–Crippen MR) is 51.6 cm³/mol. The maximum Gasteiger partial charge on any atom is 0.120 e. The largest absolute Gasteiger partial charge is 0.396 e. The lowest BCUT2D eigenvalue weighted by Crippen LogP contribution is -1.93. The molecule has 0 bridgehead atoms. The van der Waals surface area contributed by atoms with E-state index < -0.39 is 0 Å². The first kappa shape index (κ1) is 9.93. The first-order valence-corrected chi connectivity index (χ1v) is 4.49. The topological polar surface area (TPSA) is 37.3 Å². The van der Waals surface area contributed by atoms with Gasteiger partial charge in [-0.1, -0.05) is 24.3 Å². The van der Waals surface area contributed by atoms with Crippen molar-refractivity contribution < 1.29 is 9.90 Å². The van der Waals surface area contributed by atoms with Gasteiger partial charge in [-0.15, -0.1) is 0 Å². The highest BCUT2D eigenvalue weighted by molar-refractivity contribution is 5.50. The van der Waals surface area contributed by atoms with Crippen molar-refractivity contribution in [2.24, 2.45) is 0 Å². The number of benzene rings is 1. The first-order chi connectivity index (χ1) is 6.36. The smallest absolute Gasteiger partial charge is 0.120 e. The Kier molecular flexibility index (Phi) is 4.19. The minimum absolute atomic E-state index is 0.178. The fraction of sp³-hybridized carbons (Fsp3) is 0.364. The summed E-state index contributed by atoms with van der Waals surface area (Å²) in [5.74, 6) is 0. The van der Waals surface area contributed by atoms with Crippen molar-refractivity contribution in [2.45, 2.75) is 19.3 Å². The minimum atomic E-state index is 0.178. The van der Waals surface area contributed by atoms with Gasteiger partial charge in [-0.05, 0) is 24.0 Å². The number of aldehydes is 1. The van der Waals surface area contributed by atoms with Crippen LogP contribution in [0.15, 0.2) is 24.3 Å². The predicted octanol–water partition coefficient (Wildman–Crippen LogP) is 1.35. The van der Waals surface area contributed by atoms with Crippen LogP contribution in [0.25, 0.3) is 0 Å². The van der Waals surface area contributed by atoms with E-state index in [1.807, 2.05) is 24.3 Å². The molecule has 0 unspecified atom stereocenters. The van der Waals surface area contributed by atoms with Gasteiger partial charge in [-0.3, -0.25) is 0 Å². The van der Waals surface area contributed by atoms with Crippen molar-refractivity contribution in [1.29, 1.82) is 0 Å². The third-order valence-electron chi connectivity index (χ3n) is 1.94. The van der Waals surface area contributed by atoms with Gasteiger partial charge < -0.3 is 9.90 Å². The minimum Gasteiger partial charge on any atom is -0.396 e. The second-order valence-corrected chi connectivity index (χ2v) is 3.00. The molecule has 1 aromatic rings. The van der Waals surface area contributed by atoms with Gasteiger partial charge in [0, 0.05) is 13.0 Å². The number of aliphatic hydroxyl groups excluding tert-OH is 1. The lowest BCUT2D eigenvalue weighted by atomic mass is 10.1. The van der Waals surface area contributed by atoms with Gasteiger partial charge >= 0.3 is 0 Å². The zero-order valence-electron chi connectivity index (χ0n) is 7.57. The Balaban J connectivity index is 2.61. The van der Waals surface area contributed by atoms with Crippen molar-refractivity contribution in [1.82, 2.24) is 0 Å². The fourth-order valence-electron chi connectivity index (χ4n) is 1.30. The van der Waals surface area contributed by atoms with Crippen LogP contribution in [0.5, 0.6) is 0 Å². The molecule has 0 heterocycles. The third kappa shape index (κ3) is 3.38. The van der Waals surface area contributed by atoms with Crippen molar-refractivity contribution in [2.75, 3.05) is 6.61 Å². The number of rotatable bonds is 5. The second kappa shape index (κ2) is 5.49. The highest BCUT2D eigenvalue weighted by atomic mass is 16.2. The Bertz CT molecular complexity index is 269. The van der Waals surface area contributed by atoms with E-state index >= 15 is 0 Å². The SMILES string of the molecule is O=CCCc1cccc(CCO)c1. The number of aryl methyl sites for hydroxylation is 1. The Morgan fingerprint density at radius 3 is 2.54 bits per heavy atom. The molecule has 0 aliphatic heterocycles. The van der Waals surface area contributed by atoms with E-state index in [9.17, 15) is 4.79 Å². The number of aliphatic hydroxyl groups is 1. The highest BCUT2D eigenvalue weighted by Gasteiger charge is 1.95. The molecule has 1 N–H and O–H groups in total. The summed E-state index contributed by atoms with van der Waals surface area (Å²) >= 11 is 0. The van der Waals surface area contributed by atoms with Gasteiger partial charge in [0.1, 0.15) is 6.29 Å². The molecule has 70 valence electrons. The fourth-order valence-corrected chi connectivity index (χ4v) is 1.30. The van der Waals surface area contributed by atoms with Crippen molar-refractivity contribution in [3.05, 3.63) is 35.4 Å². The van der Waals surface area contributed by atoms with Crippen LogP contribution < -0.4 is 0 Å². The van der Waals surface area contributed by atoms with Gasteiger partial charge in [0.2, 0.25) is 0 Å². The van der Waals surface area contributed by atoms with Crippen LogP contribution >= 0.6 is 0 Å². The van der Waals surface area contributed by atoms with Crippen LogP contribution in [-0.4, -0.2) is 18.0 Å². The zero-order valence-corrected chi connectivity index (χ0v) is 7.57. The van der Waals surface area contributed by atoms with Crippen LogP contribution in [-0.2, 0) is 17.6 Å². The molecule has 0 fully saturated rings. The van der Waals surface area contributed by atoms with E-state index in [1.165, 1.54) is 0 Å². The van der Waals surface area contributed by atoms with Crippen LogP contribution in [0, 0.1) is 0 Å². The Labute approximate surface area is 78.2 Å². The quantitative estimate of drug-likeness (QED) is 0.691. The normalized spacial score (nSPS) is 9.92. The third-order valence-corrected chi connectivity index (χ3v) is 1.94.